The predicted molar refractivity (Wildman–Crippen MR) is 118 cm³/mol. The molecule has 0 radical (unpaired) electrons. The largest absolute Gasteiger partial charge is 0.540 e. The van der Waals surface area contributed by atoms with Gasteiger partial charge in [0, 0.05) is 18.1 Å². The molecule has 0 aromatic heterocycles. The summed E-state index contributed by atoms with van der Waals surface area (Å²) >= 11 is 5.86. The Morgan fingerprint density at radius 2 is 1.59 bits per heavy atom. The molecule has 12 heteroatoms. The van der Waals surface area contributed by atoms with Crippen molar-refractivity contribution in [3.05, 3.63) is 59.6 Å². The van der Waals surface area contributed by atoms with E-state index in [9.17, 15) is 26.4 Å². The first kappa shape index (κ1) is 26.3. The number of ether oxygens (including phenoxy) is 1. The van der Waals surface area contributed by atoms with E-state index in [2.05, 4.69) is 4.84 Å². The minimum absolute atomic E-state index is 0.0134. The van der Waals surface area contributed by atoms with Crippen LogP contribution in [0.25, 0.3) is 0 Å². The molecule has 7 nitrogen and oxygen atoms in total. The van der Waals surface area contributed by atoms with Gasteiger partial charge in [-0.2, -0.15) is 4.84 Å². The highest BCUT2D eigenvalue weighted by atomic mass is 35.5. The van der Waals surface area contributed by atoms with Crippen molar-refractivity contribution in [1.82, 2.24) is 9.37 Å². The second-order valence-electron chi connectivity index (χ2n) is 8.20. The third-order valence-corrected chi connectivity index (χ3v) is 7.19. The Morgan fingerprint density at radius 1 is 1.03 bits per heavy atom. The molecule has 0 spiro atoms. The molecule has 1 saturated heterocycles. The highest BCUT2D eigenvalue weighted by Gasteiger charge is 2.45. The van der Waals surface area contributed by atoms with Gasteiger partial charge in [0.15, 0.2) is 5.60 Å². The van der Waals surface area contributed by atoms with Crippen molar-refractivity contribution < 1.29 is 36.0 Å². The monoisotopic (exact) mass is 520 g/mol. The minimum Gasteiger partial charge on any atom is -0.478 e. The summed E-state index contributed by atoms with van der Waals surface area (Å²) in [6.45, 7) is 3.21. The Balaban J connectivity index is 1.72. The fraction of sp³-hybridized carbons (Fsp3) is 0.409. The van der Waals surface area contributed by atoms with Crippen LogP contribution in [0.2, 0.25) is 5.02 Å². The number of likely N-dealkylation sites (tertiary alicyclic amines) is 1. The van der Waals surface area contributed by atoms with E-state index >= 15 is 0 Å². The van der Waals surface area contributed by atoms with E-state index in [4.69, 9.17) is 16.3 Å². The van der Waals surface area contributed by atoms with Gasteiger partial charge in [-0.05, 0) is 63.1 Å². The molecule has 0 atom stereocenters. The number of benzene rings is 2. The van der Waals surface area contributed by atoms with Crippen LogP contribution in [0, 0.1) is 0 Å². The fourth-order valence-corrected chi connectivity index (χ4v) is 5.24. The van der Waals surface area contributed by atoms with E-state index in [-0.39, 0.29) is 41.2 Å². The average molecular weight is 521 g/mol. The third-order valence-electron chi connectivity index (χ3n) is 5.22. The van der Waals surface area contributed by atoms with E-state index in [1.807, 2.05) is 0 Å². The van der Waals surface area contributed by atoms with Crippen LogP contribution in [-0.2, 0) is 19.7 Å². The lowest BCUT2D eigenvalue weighted by atomic mass is 10.0. The average Bonchev–Trinajstić information content (AvgIpc) is 2.78. The predicted octanol–water partition coefficient (Wildman–Crippen LogP) is 4.63. The number of rotatable bonds is 7. The highest BCUT2D eigenvalue weighted by Crippen LogP contribution is 2.31. The van der Waals surface area contributed by atoms with Gasteiger partial charge in [-0.3, -0.25) is 4.79 Å². The molecule has 0 bridgehead atoms. The molecule has 1 amide bonds. The topological polar surface area (TPSA) is 76.2 Å². The fourth-order valence-electron chi connectivity index (χ4n) is 3.62. The molecule has 0 N–H and O–H groups in total. The minimum atomic E-state index is -5.21. The first-order valence-electron chi connectivity index (χ1n) is 10.4. The van der Waals surface area contributed by atoms with E-state index in [0.29, 0.717) is 10.8 Å². The lowest BCUT2D eigenvalue weighted by Crippen LogP contribution is -2.55. The zero-order valence-electron chi connectivity index (χ0n) is 18.5. The van der Waals surface area contributed by atoms with Crippen LogP contribution in [0.1, 0.15) is 26.7 Å². The van der Waals surface area contributed by atoms with Crippen LogP contribution in [0.4, 0.5) is 13.2 Å². The van der Waals surface area contributed by atoms with Gasteiger partial charge in [0.05, 0.1) is 10.9 Å². The molecule has 0 aliphatic carbocycles. The molecule has 2 aromatic carbocycles. The molecule has 0 unspecified atom stereocenters. The number of nitrogens with zero attached hydrogens (tertiary/aromatic N) is 2. The van der Waals surface area contributed by atoms with Gasteiger partial charge in [0.25, 0.3) is 15.9 Å². The molecule has 186 valence electrons. The van der Waals surface area contributed by atoms with Gasteiger partial charge < -0.3 is 9.64 Å². The Bertz CT molecular complexity index is 1090. The first-order valence-corrected chi connectivity index (χ1v) is 12.2. The van der Waals surface area contributed by atoms with Crippen molar-refractivity contribution in [2.45, 2.75) is 49.6 Å². The summed E-state index contributed by atoms with van der Waals surface area (Å²) in [6, 6.07) is 12.1. The van der Waals surface area contributed by atoms with Crippen molar-refractivity contribution in [2.24, 2.45) is 0 Å². The smallest absolute Gasteiger partial charge is 0.478 e. The molecule has 1 aliphatic rings. The molecule has 34 heavy (non-hydrogen) atoms. The van der Waals surface area contributed by atoms with Crippen LogP contribution < -0.4 is 4.74 Å². The molecule has 3 rings (SSSR count). The summed E-state index contributed by atoms with van der Waals surface area (Å²) in [4.78, 5) is 18.1. The Morgan fingerprint density at radius 3 is 2.12 bits per heavy atom. The second-order valence-corrected chi connectivity index (χ2v) is 10.4. The Labute approximate surface area is 201 Å². The molecular weight excluding hydrogens is 497 g/mol. The van der Waals surface area contributed by atoms with Crippen molar-refractivity contribution in [1.29, 1.82) is 0 Å². The highest BCUT2D eigenvalue weighted by molar-refractivity contribution is 7.89. The Kier molecular flexibility index (Phi) is 7.81. The number of carbonyl (C=O) groups excluding carboxylic acids is 1. The van der Waals surface area contributed by atoms with E-state index in [0.717, 1.165) is 0 Å². The van der Waals surface area contributed by atoms with Crippen LogP contribution in [0.3, 0.4) is 0 Å². The molecule has 2 aromatic rings. The van der Waals surface area contributed by atoms with Crippen molar-refractivity contribution in [3.63, 3.8) is 0 Å². The maximum atomic E-state index is 13.1. The third kappa shape index (κ3) is 6.41. The quantitative estimate of drug-likeness (QED) is 0.498. The number of halogens is 4. The summed E-state index contributed by atoms with van der Waals surface area (Å²) in [5.41, 5.74) is -1.26. The number of amides is 1. The van der Waals surface area contributed by atoms with E-state index < -0.39 is 28.0 Å². The van der Waals surface area contributed by atoms with Gasteiger partial charge in [-0.1, -0.05) is 34.3 Å². The van der Waals surface area contributed by atoms with Crippen LogP contribution >= 0.6 is 11.6 Å². The lowest BCUT2D eigenvalue weighted by molar-refractivity contribution is -0.397. The van der Waals surface area contributed by atoms with Crippen LogP contribution in [0.15, 0.2) is 59.5 Å². The number of sulfonamides is 1. The van der Waals surface area contributed by atoms with Crippen LogP contribution in [0.5, 0.6) is 5.75 Å². The number of carbonyl (C=O) groups is 1. The molecule has 1 aliphatic heterocycles. The molecule has 1 heterocycles. The molecule has 1 fully saturated rings. The molecular formula is C22H24ClF3N2O5S. The van der Waals surface area contributed by atoms with Crippen molar-refractivity contribution in [2.75, 3.05) is 13.1 Å². The Hall–Kier alpha value is -2.34. The molecule has 0 saturated carbocycles. The van der Waals surface area contributed by atoms with Gasteiger partial charge in [0.1, 0.15) is 5.75 Å². The number of hydroxylamine groups is 1. The second kappa shape index (κ2) is 10.1. The van der Waals surface area contributed by atoms with Gasteiger partial charge in [-0.15, -0.1) is 13.2 Å². The van der Waals surface area contributed by atoms with Gasteiger partial charge in [0.2, 0.25) is 0 Å². The standard InChI is InChI=1S/C22H24ClF3N2O5S/c1-21(2,32-18-10-8-16(23)9-11-18)20(29)27-14-12-17(13-15-27)28(33-22(24,25)26)34(30,31)19-6-4-3-5-7-19/h3-11,17H,12-15H2,1-2H3. The number of alkyl halides is 3. The summed E-state index contributed by atoms with van der Waals surface area (Å²) < 4.78 is 70.9. The van der Waals surface area contributed by atoms with Crippen molar-refractivity contribution in [3.8, 4) is 5.75 Å². The normalized spacial score (nSPS) is 16.0. The summed E-state index contributed by atoms with van der Waals surface area (Å²) in [7, 11) is -4.59. The number of piperidine rings is 1. The maximum Gasteiger partial charge on any atom is 0.540 e. The van der Waals surface area contributed by atoms with Crippen molar-refractivity contribution >= 4 is 27.5 Å². The zero-order chi connectivity index (χ0) is 25.1. The zero-order valence-corrected chi connectivity index (χ0v) is 20.0. The number of hydrogen-bond acceptors (Lipinski definition) is 5. The van der Waals surface area contributed by atoms with E-state index in [1.54, 1.807) is 44.2 Å². The lowest BCUT2D eigenvalue weighted by Gasteiger charge is -2.39. The van der Waals surface area contributed by atoms with E-state index in [1.165, 1.54) is 29.2 Å². The summed E-state index contributed by atoms with van der Waals surface area (Å²) in [5.74, 6) is 0.0476. The van der Waals surface area contributed by atoms with Gasteiger partial charge >= 0.3 is 6.36 Å². The maximum absolute atomic E-state index is 13.1. The first-order chi connectivity index (χ1) is 15.8. The van der Waals surface area contributed by atoms with Gasteiger partial charge in [-0.25, -0.2) is 8.42 Å². The number of hydrogen-bond donors (Lipinski definition) is 0. The summed E-state index contributed by atoms with van der Waals surface area (Å²) in [6.07, 6.45) is -5.31. The van der Waals surface area contributed by atoms with Crippen LogP contribution in [-0.4, -0.2) is 54.8 Å². The SMILES string of the molecule is CC(C)(Oc1ccc(Cl)cc1)C(=O)N1CCC(N(OC(F)(F)F)S(=O)(=O)c2ccccc2)CC1. The summed E-state index contributed by atoms with van der Waals surface area (Å²) in [5, 5.41) is 0.509.